The van der Waals surface area contributed by atoms with Crippen LogP contribution in [0.15, 0.2) is 78.4 Å². The van der Waals surface area contributed by atoms with Crippen LogP contribution in [0.1, 0.15) is 24.5 Å². The van der Waals surface area contributed by atoms with Gasteiger partial charge < -0.3 is 4.74 Å². The quantitative estimate of drug-likeness (QED) is 0.289. The van der Waals surface area contributed by atoms with Crippen LogP contribution < -0.4 is 4.74 Å². The van der Waals surface area contributed by atoms with Crippen LogP contribution >= 0.6 is 11.3 Å². The van der Waals surface area contributed by atoms with E-state index in [0.717, 1.165) is 42.7 Å². The van der Waals surface area contributed by atoms with E-state index in [1.165, 1.54) is 32.3 Å². The number of benzene rings is 3. The average molecular weight is 451 g/mol. The molecule has 0 amide bonds. The molecule has 0 bridgehead atoms. The van der Waals surface area contributed by atoms with Gasteiger partial charge in [0.1, 0.15) is 5.75 Å². The molecule has 0 aliphatic carbocycles. The number of rotatable bonds is 3. The summed E-state index contributed by atoms with van der Waals surface area (Å²) in [7, 11) is 0. The molecule has 0 radical (unpaired) electrons. The van der Waals surface area contributed by atoms with E-state index in [0.29, 0.717) is 11.8 Å². The first-order chi connectivity index (χ1) is 16.2. The zero-order valence-electron chi connectivity index (χ0n) is 18.7. The van der Waals surface area contributed by atoms with Crippen LogP contribution in [-0.4, -0.2) is 16.6 Å². The summed E-state index contributed by atoms with van der Waals surface area (Å²) in [5.74, 6) is 2.17. The van der Waals surface area contributed by atoms with Crippen LogP contribution in [0.5, 0.6) is 5.75 Å². The third-order valence-electron chi connectivity index (χ3n) is 7.04. The molecule has 164 valence electrons. The van der Waals surface area contributed by atoms with Crippen LogP contribution in [0, 0.1) is 11.8 Å². The SMILES string of the molecule is CC1Cc2cc(-c3ccc4scnc4c3)ccc2OCCC1Cc1ccnc2ccccc12. The normalized spacial score (nSPS) is 18.5. The van der Waals surface area contributed by atoms with E-state index in [1.54, 1.807) is 11.3 Å². The van der Waals surface area contributed by atoms with Crippen LogP contribution in [0.3, 0.4) is 0 Å². The van der Waals surface area contributed by atoms with Gasteiger partial charge in [0.05, 0.1) is 27.9 Å². The lowest BCUT2D eigenvalue weighted by atomic mass is 9.80. The zero-order valence-corrected chi connectivity index (χ0v) is 19.5. The topological polar surface area (TPSA) is 35.0 Å². The second kappa shape index (κ2) is 8.60. The summed E-state index contributed by atoms with van der Waals surface area (Å²) in [6.45, 7) is 3.16. The van der Waals surface area contributed by atoms with Crippen LogP contribution in [0.25, 0.3) is 32.2 Å². The Labute approximate surface area is 198 Å². The number of nitrogens with zero attached hydrogens (tertiary/aromatic N) is 2. The molecule has 0 spiro atoms. The molecule has 2 atom stereocenters. The molecule has 3 nitrogen and oxygen atoms in total. The van der Waals surface area contributed by atoms with Gasteiger partial charge in [-0.05, 0) is 89.8 Å². The van der Waals surface area contributed by atoms with E-state index in [4.69, 9.17) is 4.74 Å². The van der Waals surface area contributed by atoms with Gasteiger partial charge in [0, 0.05) is 11.6 Å². The predicted octanol–water partition coefficient (Wildman–Crippen LogP) is 7.33. The van der Waals surface area contributed by atoms with Crippen molar-refractivity contribution in [2.45, 2.75) is 26.2 Å². The van der Waals surface area contributed by atoms with Crippen molar-refractivity contribution in [2.75, 3.05) is 6.61 Å². The van der Waals surface area contributed by atoms with E-state index in [2.05, 4.69) is 83.6 Å². The Morgan fingerprint density at radius 2 is 1.82 bits per heavy atom. The van der Waals surface area contributed by atoms with Gasteiger partial charge in [-0.3, -0.25) is 4.98 Å². The summed E-state index contributed by atoms with van der Waals surface area (Å²) in [4.78, 5) is 9.04. The highest BCUT2D eigenvalue weighted by molar-refractivity contribution is 7.16. The number of thiazole rings is 1. The fraction of sp³-hybridized carbons (Fsp3) is 0.241. The lowest BCUT2D eigenvalue weighted by Crippen LogP contribution is -2.22. The Morgan fingerprint density at radius 1 is 0.939 bits per heavy atom. The molecule has 0 fully saturated rings. The van der Waals surface area contributed by atoms with Crippen molar-refractivity contribution in [1.29, 1.82) is 0 Å². The first-order valence-corrected chi connectivity index (χ1v) is 12.5. The second-order valence-electron chi connectivity index (χ2n) is 9.13. The lowest BCUT2D eigenvalue weighted by molar-refractivity contribution is 0.222. The fourth-order valence-electron chi connectivity index (χ4n) is 5.13. The Hall–Kier alpha value is -3.24. The van der Waals surface area contributed by atoms with E-state index in [1.807, 2.05) is 11.7 Å². The number of fused-ring (bicyclic) bond motifs is 3. The molecular weight excluding hydrogens is 424 g/mol. The number of hydrogen-bond donors (Lipinski definition) is 0. The first kappa shape index (κ1) is 20.4. The molecular formula is C29H26N2OS. The minimum atomic E-state index is 0.566. The molecule has 4 heteroatoms. The van der Waals surface area contributed by atoms with Gasteiger partial charge in [-0.2, -0.15) is 0 Å². The molecule has 0 N–H and O–H groups in total. The molecule has 33 heavy (non-hydrogen) atoms. The Morgan fingerprint density at radius 3 is 2.79 bits per heavy atom. The first-order valence-electron chi connectivity index (χ1n) is 11.7. The van der Waals surface area contributed by atoms with Crippen molar-refractivity contribution < 1.29 is 4.74 Å². The maximum atomic E-state index is 6.26. The third-order valence-corrected chi connectivity index (χ3v) is 7.85. The molecule has 6 rings (SSSR count). The van der Waals surface area contributed by atoms with Gasteiger partial charge >= 0.3 is 0 Å². The van der Waals surface area contributed by atoms with Crippen molar-refractivity contribution in [3.8, 4) is 16.9 Å². The minimum absolute atomic E-state index is 0.566. The summed E-state index contributed by atoms with van der Waals surface area (Å²) in [6, 6.07) is 23.9. The van der Waals surface area contributed by atoms with Crippen molar-refractivity contribution >= 4 is 32.5 Å². The smallest absolute Gasteiger partial charge is 0.122 e. The largest absolute Gasteiger partial charge is 0.493 e. The lowest BCUT2D eigenvalue weighted by Gasteiger charge is -2.28. The second-order valence-corrected chi connectivity index (χ2v) is 10.0. The predicted molar refractivity (Wildman–Crippen MR) is 137 cm³/mol. The average Bonchev–Trinajstić information content (AvgIpc) is 3.31. The maximum Gasteiger partial charge on any atom is 0.122 e. The molecule has 2 unspecified atom stereocenters. The molecule has 0 saturated carbocycles. The summed E-state index contributed by atoms with van der Waals surface area (Å²) < 4.78 is 7.49. The van der Waals surface area contributed by atoms with E-state index in [-0.39, 0.29) is 0 Å². The van der Waals surface area contributed by atoms with Gasteiger partial charge in [-0.1, -0.05) is 37.3 Å². The van der Waals surface area contributed by atoms with Gasteiger partial charge in [-0.25, -0.2) is 4.98 Å². The number of hydrogen-bond acceptors (Lipinski definition) is 4. The Bertz CT molecular complexity index is 1440. The summed E-state index contributed by atoms with van der Waals surface area (Å²) in [5.41, 5.74) is 9.21. The van der Waals surface area contributed by atoms with Crippen LogP contribution in [0.4, 0.5) is 0 Å². The van der Waals surface area contributed by atoms with E-state index in [9.17, 15) is 0 Å². The van der Waals surface area contributed by atoms with Crippen LogP contribution in [0.2, 0.25) is 0 Å². The minimum Gasteiger partial charge on any atom is -0.493 e. The molecule has 1 aliphatic rings. The van der Waals surface area contributed by atoms with Gasteiger partial charge in [0.25, 0.3) is 0 Å². The highest BCUT2D eigenvalue weighted by Crippen LogP contribution is 2.35. The molecule has 3 aromatic carbocycles. The highest BCUT2D eigenvalue weighted by Gasteiger charge is 2.23. The standard InChI is InChI=1S/C29H26N2OS/c1-19-14-24-16-21(22-7-9-29-27(17-22)31-18-33-29)6-8-28(24)32-13-11-20(19)15-23-10-12-30-26-5-3-2-4-25(23)26/h2-10,12,16-20H,11,13-15H2,1H3. The van der Waals surface area contributed by atoms with E-state index >= 15 is 0 Å². The van der Waals surface area contributed by atoms with Crippen molar-refractivity contribution in [3.05, 3.63) is 89.6 Å². The van der Waals surface area contributed by atoms with Crippen LogP contribution in [-0.2, 0) is 12.8 Å². The summed E-state index contributed by atoms with van der Waals surface area (Å²) in [6.07, 6.45) is 5.10. The monoisotopic (exact) mass is 450 g/mol. The summed E-state index contributed by atoms with van der Waals surface area (Å²) in [5, 5.41) is 1.27. The fourth-order valence-corrected chi connectivity index (χ4v) is 5.79. The van der Waals surface area contributed by atoms with Gasteiger partial charge in [0.2, 0.25) is 0 Å². The van der Waals surface area contributed by atoms with Crippen molar-refractivity contribution in [1.82, 2.24) is 9.97 Å². The zero-order chi connectivity index (χ0) is 22.2. The molecule has 5 aromatic rings. The molecule has 0 saturated heterocycles. The molecule has 3 heterocycles. The highest BCUT2D eigenvalue weighted by atomic mass is 32.1. The number of pyridine rings is 1. The Balaban J connectivity index is 1.28. The van der Waals surface area contributed by atoms with E-state index < -0.39 is 0 Å². The van der Waals surface area contributed by atoms with Gasteiger partial charge in [-0.15, -0.1) is 11.3 Å². The van der Waals surface area contributed by atoms with Gasteiger partial charge in [0.15, 0.2) is 0 Å². The number of para-hydroxylation sites is 1. The number of ether oxygens (including phenoxy) is 1. The van der Waals surface area contributed by atoms with Crippen molar-refractivity contribution in [3.63, 3.8) is 0 Å². The molecule has 2 aromatic heterocycles. The van der Waals surface area contributed by atoms with Crippen molar-refractivity contribution in [2.24, 2.45) is 11.8 Å². The third kappa shape index (κ3) is 4.00. The maximum absolute atomic E-state index is 6.26. The number of aromatic nitrogens is 2. The summed E-state index contributed by atoms with van der Waals surface area (Å²) >= 11 is 1.69. The Kier molecular flexibility index (Phi) is 5.31. The molecule has 1 aliphatic heterocycles.